The molecule has 2 N–H and O–H groups in total. The van der Waals surface area contributed by atoms with E-state index < -0.39 is 5.91 Å². The minimum absolute atomic E-state index is 0.429. The van der Waals surface area contributed by atoms with Crippen molar-refractivity contribution in [1.29, 1.82) is 0 Å². The average molecular weight is 390 g/mol. The molecule has 8 heteroatoms. The van der Waals surface area contributed by atoms with Gasteiger partial charge in [-0.05, 0) is 44.6 Å². The quantitative estimate of drug-likeness (QED) is 0.731. The molecule has 1 aliphatic heterocycles. The molecule has 0 radical (unpaired) electrons. The van der Waals surface area contributed by atoms with Gasteiger partial charge in [0.15, 0.2) is 0 Å². The number of nitrogens with zero attached hydrogens (tertiary/aromatic N) is 4. The number of aryl methyl sites for hydroxylation is 1. The molecule has 2 aromatic rings. The Labute approximate surface area is 163 Å². The first-order valence-corrected chi connectivity index (χ1v) is 9.53. The number of aromatic nitrogens is 3. The van der Waals surface area contributed by atoms with Crippen molar-refractivity contribution in [2.45, 2.75) is 32.6 Å². The van der Waals surface area contributed by atoms with Gasteiger partial charge >= 0.3 is 0 Å². The number of carbonyl (C=O) groups excluding carboxylic acids is 1. The van der Waals surface area contributed by atoms with Crippen LogP contribution in [0.3, 0.4) is 0 Å². The zero-order valence-corrected chi connectivity index (χ0v) is 16.2. The van der Waals surface area contributed by atoms with E-state index in [0.29, 0.717) is 34.7 Å². The van der Waals surface area contributed by atoms with Crippen molar-refractivity contribution >= 4 is 23.5 Å². The molecule has 0 atom stereocenters. The van der Waals surface area contributed by atoms with E-state index in [4.69, 9.17) is 22.1 Å². The van der Waals surface area contributed by atoms with Crippen LogP contribution in [-0.4, -0.2) is 40.6 Å². The Morgan fingerprint density at radius 1 is 1.30 bits per heavy atom. The Morgan fingerprint density at radius 3 is 2.63 bits per heavy atom. The Balaban J connectivity index is 1.37. The van der Waals surface area contributed by atoms with Gasteiger partial charge in [-0.25, -0.2) is 15.0 Å². The van der Waals surface area contributed by atoms with Crippen molar-refractivity contribution in [2.75, 3.05) is 24.6 Å². The lowest BCUT2D eigenvalue weighted by Gasteiger charge is -2.31. The number of halogens is 1. The lowest BCUT2D eigenvalue weighted by molar-refractivity contribution is 0.0999. The van der Waals surface area contributed by atoms with Crippen molar-refractivity contribution in [3.8, 4) is 5.88 Å². The van der Waals surface area contributed by atoms with Gasteiger partial charge in [0.05, 0.1) is 35.3 Å². The number of ether oxygens (including phenoxy) is 1. The molecule has 0 spiro atoms. The summed E-state index contributed by atoms with van der Waals surface area (Å²) in [6.45, 7) is 4.29. The Hall–Kier alpha value is -2.41. The van der Waals surface area contributed by atoms with Gasteiger partial charge in [-0.15, -0.1) is 0 Å². The zero-order chi connectivity index (χ0) is 19.2. The van der Waals surface area contributed by atoms with Crippen LogP contribution in [0.25, 0.3) is 0 Å². The van der Waals surface area contributed by atoms with E-state index >= 15 is 0 Å². The lowest BCUT2D eigenvalue weighted by Crippen LogP contribution is -2.34. The molecule has 0 aromatic carbocycles. The molecule has 3 heterocycles. The standard InChI is InChI=1S/C19H24ClN5O2/c1-13-16(18(21)26)4-5-17(24-13)27-10-2-3-14-6-8-25(9-7-14)19-22-11-15(20)12-23-19/h4-5,11-12,14H,2-3,6-10H2,1H3,(H2,21,26). The van der Waals surface area contributed by atoms with Gasteiger partial charge in [0.2, 0.25) is 11.8 Å². The van der Waals surface area contributed by atoms with Gasteiger partial charge in [-0.2, -0.15) is 0 Å². The van der Waals surface area contributed by atoms with E-state index in [-0.39, 0.29) is 0 Å². The number of primary amides is 1. The van der Waals surface area contributed by atoms with Gasteiger partial charge in [0.25, 0.3) is 5.91 Å². The van der Waals surface area contributed by atoms with E-state index in [1.54, 1.807) is 31.5 Å². The van der Waals surface area contributed by atoms with Crippen LogP contribution < -0.4 is 15.4 Å². The summed E-state index contributed by atoms with van der Waals surface area (Å²) in [5.41, 5.74) is 6.31. The first-order chi connectivity index (χ1) is 13.0. The molecular weight excluding hydrogens is 366 g/mol. The summed E-state index contributed by atoms with van der Waals surface area (Å²) < 4.78 is 5.71. The van der Waals surface area contributed by atoms with Crippen LogP contribution in [0.1, 0.15) is 41.7 Å². The third-order valence-corrected chi connectivity index (χ3v) is 5.03. The maximum absolute atomic E-state index is 11.2. The molecule has 144 valence electrons. The topological polar surface area (TPSA) is 94.2 Å². The molecule has 0 unspecified atom stereocenters. The molecule has 1 fully saturated rings. The third-order valence-electron chi connectivity index (χ3n) is 4.84. The van der Waals surface area contributed by atoms with Gasteiger partial charge in [0.1, 0.15) is 0 Å². The fraction of sp³-hybridized carbons (Fsp3) is 0.474. The maximum atomic E-state index is 11.2. The molecule has 3 rings (SSSR count). The Morgan fingerprint density at radius 2 is 2.00 bits per heavy atom. The third kappa shape index (κ3) is 5.29. The normalized spacial score (nSPS) is 15.0. The summed E-state index contributed by atoms with van der Waals surface area (Å²) in [6, 6.07) is 3.35. The number of amides is 1. The predicted octanol–water partition coefficient (Wildman–Crippen LogP) is 3.01. The minimum Gasteiger partial charge on any atom is -0.478 e. The Kier molecular flexibility index (Phi) is 6.45. The van der Waals surface area contributed by atoms with E-state index in [1.807, 2.05) is 0 Å². The highest BCUT2D eigenvalue weighted by atomic mass is 35.5. The second kappa shape index (κ2) is 8.99. The van der Waals surface area contributed by atoms with Crippen LogP contribution in [0.5, 0.6) is 5.88 Å². The van der Waals surface area contributed by atoms with Gasteiger partial charge in [0, 0.05) is 19.2 Å². The van der Waals surface area contributed by atoms with Gasteiger partial charge in [-0.3, -0.25) is 4.79 Å². The number of pyridine rings is 1. The fourth-order valence-electron chi connectivity index (χ4n) is 3.32. The van der Waals surface area contributed by atoms with Crippen LogP contribution in [0.15, 0.2) is 24.5 Å². The number of hydrogen-bond donors (Lipinski definition) is 1. The largest absolute Gasteiger partial charge is 0.478 e. The summed E-state index contributed by atoms with van der Waals surface area (Å²) in [7, 11) is 0. The first-order valence-electron chi connectivity index (χ1n) is 9.15. The van der Waals surface area contributed by atoms with Crippen molar-refractivity contribution in [1.82, 2.24) is 15.0 Å². The van der Waals surface area contributed by atoms with Gasteiger partial charge in [-0.1, -0.05) is 11.6 Å². The van der Waals surface area contributed by atoms with E-state index in [9.17, 15) is 4.79 Å². The highest BCUT2D eigenvalue weighted by Gasteiger charge is 2.20. The SMILES string of the molecule is Cc1nc(OCCCC2CCN(c3ncc(Cl)cn3)CC2)ccc1C(N)=O. The molecular formula is C19H24ClN5O2. The smallest absolute Gasteiger partial charge is 0.250 e. The molecule has 0 bridgehead atoms. The zero-order valence-electron chi connectivity index (χ0n) is 15.4. The molecule has 0 aliphatic carbocycles. The van der Waals surface area contributed by atoms with Crippen molar-refractivity contribution in [3.05, 3.63) is 40.8 Å². The summed E-state index contributed by atoms with van der Waals surface area (Å²) in [5, 5.41) is 0.558. The Bertz CT molecular complexity index is 776. The van der Waals surface area contributed by atoms with E-state index in [0.717, 1.165) is 44.7 Å². The van der Waals surface area contributed by atoms with E-state index in [2.05, 4.69) is 19.9 Å². The summed E-state index contributed by atoms with van der Waals surface area (Å²) >= 11 is 5.84. The highest BCUT2D eigenvalue weighted by molar-refractivity contribution is 6.30. The lowest BCUT2D eigenvalue weighted by atomic mass is 9.92. The minimum atomic E-state index is -0.470. The second-order valence-corrected chi connectivity index (χ2v) is 7.21. The predicted molar refractivity (Wildman–Crippen MR) is 104 cm³/mol. The van der Waals surface area contributed by atoms with Crippen LogP contribution in [0.2, 0.25) is 5.02 Å². The van der Waals surface area contributed by atoms with Gasteiger partial charge < -0.3 is 15.4 Å². The number of carbonyl (C=O) groups is 1. The second-order valence-electron chi connectivity index (χ2n) is 6.77. The summed E-state index contributed by atoms with van der Waals surface area (Å²) in [4.78, 5) is 26.3. The molecule has 1 saturated heterocycles. The number of rotatable bonds is 7. The highest BCUT2D eigenvalue weighted by Crippen LogP contribution is 2.24. The number of nitrogens with two attached hydrogens (primary N) is 1. The summed E-state index contributed by atoms with van der Waals surface area (Å²) in [6.07, 6.45) is 7.61. The van der Waals surface area contributed by atoms with E-state index in [1.165, 1.54) is 0 Å². The molecule has 2 aromatic heterocycles. The first kappa shape index (κ1) is 19.4. The fourth-order valence-corrected chi connectivity index (χ4v) is 3.42. The summed E-state index contributed by atoms with van der Waals surface area (Å²) in [5.74, 6) is 1.50. The van der Waals surface area contributed by atoms with Crippen molar-refractivity contribution in [2.24, 2.45) is 11.7 Å². The van der Waals surface area contributed by atoms with Crippen LogP contribution >= 0.6 is 11.6 Å². The molecule has 1 aliphatic rings. The number of anilines is 1. The molecule has 1 amide bonds. The molecule has 0 saturated carbocycles. The number of hydrogen-bond acceptors (Lipinski definition) is 6. The van der Waals surface area contributed by atoms with Crippen LogP contribution in [0, 0.1) is 12.8 Å². The van der Waals surface area contributed by atoms with Crippen molar-refractivity contribution in [3.63, 3.8) is 0 Å². The van der Waals surface area contributed by atoms with Crippen LogP contribution in [0.4, 0.5) is 5.95 Å². The maximum Gasteiger partial charge on any atom is 0.250 e. The van der Waals surface area contributed by atoms with Crippen molar-refractivity contribution < 1.29 is 9.53 Å². The average Bonchev–Trinajstić information content (AvgIpc) is 2.66. The number of piperidine rings is 1. The molecule has 7 nitrogen and oxygen atoms in total. The molecule has 27 heavy (non-hydrogen) atoms. The monoisotopic (exact) mass is 389 g/mol. The van der Waals surface area contributed by atoms with Crippen LogP contribution in [-0.2, 0) is 0 Å².